The molecule has 4 heteroatoms. The maximum absolute atomic E-state index is 12.0. The lowest BCUT2D eigenvalue weighted by Crippen LogP contribution is -2.48. The average Bonchev–Trinajstić information content (AvgIpc) is 2.40. The highest BCUT2D eigenvalue weighted by molar-refractivity contribution is 5.75. The van der Waals surface area contributed by atoms with Gasteiger partial charge in [-0.15, -0.1) is 0 Å². The van der Waals surface area contributed by atoms with Gasteiger partial charge in [0.1, 0.15) is 6.04 Å². The van der Waals surface area contributed by atoms with Gasteiger partial charge >= 0.3 is 5.97 Å². The molecule has 0 radical (unpaired) electrons. The van der Waals surface area contributed by atoms with Crippen LogP contribution >= 0.6 is 0 Å². The predicted molar refractivity (Wildman–Crippen MR) is 71.6 cm³/mol. The van der Waals surface area contributed by atoms with Crippen molar-refractivity contribution < 1.29 is 14.3 Å². The largest absolute Gasteiger partial charge is 0.465 e. The van der Waals surface area contributed by atoms with E-state index in [0.29, 0.717) is 6.61 Å². The van der Waals surface area contributed by atoms with Crippen LogP contribution in [0.3, 0.4) is 0 Å². The molecule has 1 fully saturated rings. The van der Waals surface area contributed by atoms with Gasteiger partial charge in [-0.3, -0.25) is 9.69 Å². The van der Waals surface area contributed by atoms with Gasteiger partial charge in [0, 0.05) is 13.1 Å². The number of unbranched alkanes of at least 4 members (excludes halogenated alkanes) is 3. The second-order valence-corrected chi connectivity index (χ2v) is 4.77. The molecule has 0 aromatic heterocycles. The maximum atomic E-state index is 12.0. The fraction of sp³-hybridized carbons (Fsp3) is 0.929. The highest BCUT2D eigenvalue weighted by Gasteiger charge is 2.27. The number of rotatable bonds is 8. The van der Waals surface area contributed by atoms with Crippen LogP contribution in [-0.2, 0) is 14.3 Å². The molecule has 4 nitrogen and oxygen atoms in total. The molecular formula is C14H27NO3. The van der Waals surface area contributed by atoms with E-state index in [1.54, 1.807) is 0 Å². The van der Waals surface area contributed by atoms with Crippen molar-refractivity contribution in [2.75, 3.05) is 32.9 Å². The highest BCUT2D eigenvalue weighted by Crippen LogP contribution is 2.14. The van der Waals surface area contributed by atoms with Gasteiger partial charge in [0.15, 0.2) is 0 Å². The normalized spacial score (nSPS) is 18.6. The van der Waals surface area contributed by atoms with Crippen LogP contribution in [0.5, 0.6) is 0 Å². The van der Waals surface area contributed by atoms with Crippen LogP contribution in [0.1, 0.15) is 46.0 Å². The molecule has 0 amide bonds. The molecule has 0 aliphatic carbocycles. The van der Waals surface area contributed by atoms with Crippen LogP contribution in [0.4, 0.5) is 0 Å². The summed E-state index contributed by atoms with van der Waals surface area (Å²) in [6.45, 7) is 7.68. The van der Waals surface area contributed by atoms with E-state index < -0.39 is 0 Å². The number of carbonyl (C=O) groups is 1. The molecule has 18 heavy (non-hydrogen) atoms. The zero-order valence-electron chi connectivity index (χ0n) is 11.8. The van der Waals surface area contributed by atoms with E-state index in [-0.39, 0.29) is 12.0 Å². The van der Waals surface area contributed by atoms with Crippen molar-refractivity contribution in [3.05, 3.63) is 0 Å². The van der Waals surface area contributed by atoms with Gasteiger partial charge in [-0.1, -0.05) is 32.6 Å². The molecule has 1 heterocycles. The standard InChI is InChI=1S/C14H27NO3/c1-3-5-6-7-8-13(14(16)18-4-2)15-9-11-17-12-10-15/h13H,3-12H2,1-2H3/t13-/m0/s1. The van der Waals surface area contributed by atoms with Crippen LogP contribution in [0.25, 0.3) is 0 Å². The topological polar surface area (TPSA) is 38.8 Å². The number of ether oxygens (including phenoxy) is 2. The zero-order valence-corrected chi connectivity index (χ0v) is 11.8. The number of hydrogen-bond donors (Lipinski definition) is 0. The number of morpholine rings is 1. The molecule has 1 aliphatic rings. The van der Waals surface area contributed by atoms with Gasteiger partial charge in [0.05, 0.1) is 19.8 Å². The Morgan fingerprint density at radius 2 is 1.94 bits per heavy atom. The van der Waals surface area contributed by atoms with Gasteiger partial charge in [0.25, 0.3) is 0 Å². The molecule has 0 bridgehead atoms. The first-order chi connectivity index (χ1) is 8.79. The molecule has 1 atom stereocenters. The summed E-state index contributed by atoms with van der Waals surface area (Å²) in [7, 11) is 0. The minimum atomic E-state index is -0.0642. The van der Waals surface area contributed by atoms with Crippen molar-refractivity contribution in [3.63, 3.8) is 0 Å². The van der Waals surface area contributed by atoms with E-state index in [4.69, 9.17) is 9.47 Å². The molecule has 1 rings (SSSR count). The van der Waals surface area contributed by atoms with Crippen molar-refractivity contribution >= 4 is 5.97 Å². The second kappa shape index (κ2) is 9.34. The minimum Gasteiger partial charge on any atom is -0.465 e. The molecule has 1 aliphatic heterocycles. The summed E-state index contributed by atoms with van der Waals surface area (Å²) in [6.07, 6.45) is 5.70. The van der Waals surface area contributed by atoms with Crippen LogP contribution in [0, 0.1) is 0 Å². The highest BCUT2D eigenvalue weighted by atomic mass is 16.5. The van der Waals surface area contributed by atoms with E-state index in [9.17, 15) is 4.79 Å². The Hall–Kier alpha value is -0.610. The van der Waals surface area contributed by atoms with E-state index in [1.165, 1.54) is 19.3 Å². The first-order valence-corrected chi connectivity index (χ1v) is 7.28. The van der Waals surface area contributed by atoms with Gasteiger partial charge in [-0.2, -0.15) is 0 Å². The summed E-state index contributed by atoms with van der Waals surface area (Å²) in [6, 6.07) is -0.0642. The van der Waals surface area contributed by atoms with Gasteiger partial charge in [0.2, 0.25) is 0 Å². The third-order valence-corrected chi connectivity index (χ3v) is 3.38. The van der Waals surface area contributed by atoms with Crippen LogP contribution in [-0.4, -0.2) is 49.8 Å². The van der Waals surface area contributed by atoms with E-state index >= 15 is 0 Å². The third kappa shape index (κ3) is 5.36. The molecule has 0 unspecified atom stereocenters. The lowest BCUT2D eigenvalue weighted by molar-refractivity contribution is -0.151. The Bertz CT molecular complexity index is 227. The SMILES string of the molecule is CCCCCC[C@@H](C(=O)OCC)N1CCOCC1. The maximum Gasteiger partial charge on any atom is 0.323 e. The lowest BCUT2D eigenvalue weighted by atomic mass is 10.1. The van der Waals surface area contributed by atoms with Gasteiger partial charge in [-0.05, 0) is 13.3 Å². The smallest absolute Gasteiger partial charge is 0.323 e. The lowest BCUT2D eigenvalue weighted by Gasteiger charge is -2.32. The second-order valence-electron chi connectivity index (χ2n) is 4.77. The quantitative estimate of drug-likeness (QED) is 0.494. The average molecular weight is 257 g/mol. The first-order valence-electron chi connectivity index (χ1n) is 7.28. The molecule has 0 saturated carbocycles. The molecule has 106 valence electrons. The minimum absolute atomic E-state index is 0.0594. The van der Waals surface area contributed by atoms with Crippen LogP contribution in [0.2, 0.25) is 0 Å². The monoisotopic (exact) mass is 257 g/mol. The van der Waals surface area contributed by atoms with Gasteiger partial charge < -0.3 is 9.47 Å². The predicted octanol–water partition coefficient (Wildman–Crippen LogP) is 2.22. The molecular weight excluding hydrogens is 230 g/mol. The Kier molecular flexibility index (Phi) is 8.01. The van der Waals surface area contributed by atoms with Crippen LogP contribution in [0.15, 0.2) is 0 Å². The van der Waals surface area contributed by atoms with Gasteiger partial charge in [-0.25, -0.2) is 0 Å². The van der Waals surface area contributed by atoms with Crippen molar-refractivity contribution in [2.24, 2.45) is 0 Å². The van der Waals surface area contributed by atoms with Crippen molar-refractivity contribution in [1.29, 1.82) is 0 Å². The number of carbonyl (C=O) groups excluding carboxylic acids is 1. The third-order valence-electron chi connectivity index (χ3n) is 3.38. The summed E-state index contributed by atoms with van der Waals surface area (Å²) in [5.74, 6) is -0.0594. The van der Waals surface area contributed by atoms with E-state index in [2.05, 4.69) is 11.8 Å². The van der Waals surface area contributed by atoms with Crippen molar-refractivity contribution in [3.8, 4) is 0 Å². The Morgan fingerprint density at radius 1 is 1.22 bits per heavy atom. The van der Waals surface area contributed by atoms with Crippen LogP contribution < -0.4 is 0 Å². The van der Waals surface area contributed by atoms with E-state index in [1.807, 2.05) is 6.92 Å². The Balaban J connectivity index is 2.42. The summed E-state index contributed by atoms with van der Waals surface area (Å²) >= 11 is 0. The molecule has 0 aromatic carbocycles. The van der Waals surface area contributed by atoms with E-state index in [0.717, 1.165) is 39.1 Å². The summed E-state index contributed by atoms with van der Waals surface area (Å²) in [4.78, 5) is 14.2. The Labute approximate surface area is 111 Å². The number of esters is 1. The molecule has 0 aromatic rings. The molecule has 0 N–H and O–H groups in total. The molecule has 0 spiro atoms. The zero-order chi connectivity index (χ0) is 13.2. The summed E-state index contributed by atoms with van der Waals surface area (Å²) < 4.78 is 10.5. The van der Waals surface area contributed by atoms with Crippen molar-refractivity contribution in [1.82, 2.24) is 4.90 Å². The molecule has 1 saturated heterocycles. The first kappa shape index (κ1) is 15.4. The fourth-order valence-electron chi connectivity index (χ4n) is 2.34. The summed E-state index contributed by atoms with van der Waals surface area (Å²) in [5, 5.41) is 0. The van der Waals surface area contributed by atoms with Crippen molar-refractivity contribution in [2.45, 2.75) is 52.0 Å². The number of hydrogen-bond acceptors (Lipinski definition) is 4. The summed E-state index contributed by atoms with van der Waals surface area (Å²) in [5.41, 5.74) is 0. The fourth-order valence-corrected chi connectivity index (χ4v) is 2.34. The number of nitrogens with zero attached hydrogens (tertiary/aromatic N) is 1. The Morgan fingerprint density at radius 3 is 2.56 bits per heavy atom.